The number of hydrogen-bond acceptors (Lipinski definition) is 3. The van der Waals surface area contributed by atoms with E-state index in [9.17, 15) is 0 Å². The molecule has 0 bridgehead atoms. The number of ether oxygens (including phenoxy) is 1. The fraction of sp³-hybridized carbons (Fsp3) is 0.800. The first-order valence-electron chi connectivity index (χ1n) is 4.29. The van der Waals surface area contributed by atoms with Crippen molar-refractivity contribution in [2.45, 2.75) is 46.0 Å². The van der Waals surface area contributed by atoms with Crippen molar-refractivity contribution in [3.05, 3.63) is 12.2 Å². The van der Waals surface area contributed by atoms with Gasteiger partial charge in [0.2, 0.25) is 0 Å². The van der Waals surface area contributed by atoms with E-state index in [1.807, 2.05) is 20.8 Å². The van der Waals surface area contributed by atoms with Crippen molar-refractivity contribution in [3.8, 4) is 0 Å². The molecule has 0 unspecified atom stereocenters. The maximum atomic E-state index is 5.22. The maximum Gasteiger partial charge on any atom is 0.195 e. The van der Waals surface area contributed by atoms with E-state index in [1.165, 1.54) is 0 Å². The monoisotopic (exact) mass is 188 g/mol. The van der Waals surface area contributed by atoms with E-state index in [0.29, 0.717) is 0 Å². The molecular weight excluding hydrogens is 168 g/mol. The topological polar surface area (TPSA) is 27.7 Å². The lowest BCUT2D eigenvalue weighted by Gasteiger charge is -2.29. The highest BCUT2D eigenvalue weighted by molar-refractivity contribution is 5.04. The van der Waals surface area contributed by atoms with E-state index in [0.717, 1.165) is 5.57 Å². The third-order valence-electron chi connectivity index (χ3n) is 1.97. The molecule has 3 heteroatoms. The van der Waals surface area contributed by atoms with Crippen molar-refractivity contribution < 1.29 is 14.5 Å². The molecule has 0 heterocycles. The van der Waals surface area contributed by atoms with Crippen LogP contribution in [0.25, 0.3) is 0 Å². The minimum absolute atomic E-state index is 0.490. The minimum atomic E-state index is -0.729. The molecule has 0 aromatic rings. The van der Waals surface area contributed by atoms with Crippen LogP contribution in [-0.2, 0) is 14.5 Å². The van der Waals surface area contributed by atoms with E-state index in [4.69, 9.17) is 14.5 Å². The third-order valence-corrected chi connectivity index (χ3v) is 1.97. The summed E-state index contributed by atoms with van der Waals surface area (Å²) >= 11 is 0. The molecule has 0 saturated heterocycles. The summed E-state index contributed by atoms with van der Waals surface area (Å²) in [6.07, 6.45) is 0. The molecule has 0 N–H and O–H groups in total. The molecule has 0 amide bonds. The van der Waals surface area contributed by atoms with Gasteiger partial charge in [-0.15, -0.1) is 0 Å². The molecule has 0 spiro atoms. The Balaban J connectivity index is 4.09. The van der Waals surface area contributed by atoms with Crippen molar-refractivity contribution in [3.63, 3.8) is 0 Å². The largest absolute Gasteiger partial charge is 0.351 e. The Morgan fingerprint density at radius 2 is 1.54 bits per heavy atom. The first kappa shape index (κ1) is 12.6. The molecule has 3 nitrogen and oxygen atoms in total. The molecule has 0 aliphatic rings. The van der Waals surface area contributed by atoms with Crippen molar-refractivity contribution >= 4 is 0 Å². The van der Waals surface area contributed by atoms with Gasteiger partial charge in [-0.1, -0.05) is 6.58 Å². The summed E-state index contributed by atoms with van der Waals surface area (Å²) in [5.41, 5.74) is 0.412. The third kappa shape index (κ3) is 4.41. The molecule has 0 aliphatic heterocycles. The fourth-order valence-electron chi connectivity index (χ4n) is 0.310. The van der Waals surface area contributed by atoms with Gasteiger partial charge in [0.15, 0.2) is 5.79 Å². The summed E-state index contributed by atoms with van der Waals surface area (Å²) < 4.78 is 5.04. The van der Waals surface area contributed by atoms with E-state index >= 15 is 0 Å². The van der Waals surface area contributed by atoms with Gasteiger partial charge in [-0.3, -0.25) is 0 Å². The zero-order valence-corrected chi connectivity index (χ0v) is 9.43. The van der Waals surface area contributed by atoms with Gasteiger partial charge in [-0.2, -0.15) is 0 Å². The predicted octanol–water partition coefficient (Wildman–Crippen LogP) is 2.67. The van der Waals surface area contributed by atoms with Gasteiger partial charge < -0.3 is 4.74 Å². The standard InChI is InChI=1S/C10H20O3/c1-8(2)9(3,4)12-13-10(5,6)11-7/h1H2,2-7H3. The van der Waals surface area contributed by atoms with Crippen LogP contribution >= 0.6 is 0 Å². The minimum Gasteiger partial charge on any atom is -0.351 e. The molecule has 0 fully saturated rings. The van der Waals surface area contributed by atoms with Gasteiger partial charge >= 0.3 is 0 Å². The molecule has 0 saturated carbocycles. The SMILES string of the molecule is C=C(C)C(C)(C)OOC(C)(C)OC. The Labute approximate surface area is 80.6 Å². The Kier molecular flexibility index (Phi) is 4.10. The van der Waals surface area contributed by atoms with Gasteiger partial charge in [-0.05, 0) is 40.2 Å². The van der Waals surface area contributed by atoms with Gasteiger partial charge in [-0.25, -0.2) is 9.78 Å². The Morgan fingerprint density at radius 3 is 1.85 bits per heavy atom. The molecule has 0 aliphatic carbocycles. The maximum absolute atomic E-state index is 5.22. The normalized spacial score (nSPS) is 13.1. The van der Waals surface area contributed by atoms with Crippen LogP contribution in [0.15, 0.2) is 12.2 Å². The lowest BCUT2D eigenvalue weighted by atomic mass is 10.0. The zero-order chi connectivity index (χ0) is 10.7. The van der Waals surface area contributed by atoms with E-state index in [-0.39, 0.29) is 0 Å². The molecule has 0 aromatic heterocycles. The summed E-state index contributed by atoms with van der Waals surface area (Å²) in [6.45, 7) is 13.0. The van der Waals surface area contributed by atoms with Crippen molar-refractivity contribution in [2.24, 2.45) is 0 Å². The van der Waals surface area contributed by atoms with Gasteiger partial charge in [0, 0.05) is 7.11 Å². The average Bonchev–Trinajstić information content (AvgIpc) is 2.01. The first-order valence-corrected chi connectivity index (χ1v) is 4.29. The highest BCUT2D eigenvalue weighted by Crippen LogP contribution is 2.22. The Hall–Kier alpha value is -0.380. The van der Waals surface area contributed by atoms with Crippen molar-refractivity contribution in [2.75, 3.05) is 7.11 Å². The molecular formula is C10H20O3. The second-order valence-corrected chi connectivity index (χ2v) is 4.06. The highest BCUT2D eigenvalue weighted by Gasteiger charge is 2.26. The Morgan fingerprint density at radius 1 is 1.08 bits per heavy atom. The van der Waals surface area contributed by atoms with Crippen molar-refractivity contribution in [1.82, 2.24) is 0 Å². The van der Waals surface area contributed by atoms with Crippen LogP contribution in [0.1, 0.15) is 34.6 Å². The highest BCUT2D eigenvalue weighted by atomic mass is 17.2. The van der Waals surface area contributed by atoms with E-state index < -0.39 is 11.4 Å². The van der Waals surface area contributed by atoms with E-state index in [2.05, 4.69) is 6.58 Å². The Bertz CT molecular complexity index is 183. The summed E-state index contributed by atoms with van der Waals surface area (Å²) in [5.74, 6) is -0.729. The van der Waals surface area contributed by atoms with Crippen LogP contribution in [0, 0.1) is 0 Å². The van der Waals surface area contributed by atoms with Crippen LogP contribution in [0.4, 0.5) is 0 Å². The smallest absolute Gasteiger partial charge is 0.195 e. The quantitative estimate of drug-likeness (QED) is 0.287. The van der Waals surface area contributed by atoms with E-state index in [1.54, 1.807) is 21.0 Å². The lowest BCUT2D eigenvalue weighted by molar-refractivity contribution is -0.442. The number of rotatable bonds is 5. The fourth-order valence-corrected chi connectivity index (χ4v) is 0.310. The summed E-state index contributed by atoms with van der Waals surface area (Å²) in [4.78, 5) is 10.3. The van der Waals surface area contributed by atoms with Crippen LogP contribution < -0.4 is 0 Å². The average molecular weight is 188 g/mol. The number of methoxy groups -OCH3 is 1. The molecule has 13 heavy (non-hydrogen) atoms. The van der Waals surface area contributed by atoms with Crippen LogP contribution in [0.3, 0.4) is 0 Å². The van der Waals surface area contributed by atoms with Gasteiger partial charge in [0.05, 0.1) is 0 Å². The van der Waals surface area contributed by atoms with Crippen LogP contribution in [0.5, 0.6) is 0 Å². The molecule has 0 aromatic carbocycles. The van der Waals surface area contributed by atoms with Gasteiger partial charge in [0.25, 0.3) is 0 Å². The predicted molar refractivity (Wildman–Crippen MR) is 52.2 cm³/mol. The molecule has 0 atom stereocenters. The summed E-state index contributed by atoms with van der Waals surface area (Å²) in [7, 11) is 1.57. The zero-order valence-electron chi connectivity index (χ0n) is 9.43. The number of hydrogen-bond donors (Lipinski definition) is 0. The van der Waals surface area contributed by atoms with Crippen molar-refractivity contribution in [1.29, 1.82) is 0 Å². The molecule has 0 rings (SSSR count). The first-order chi connectivity index (χ1) is 5.71. The lowest BCUT2D eigenvalue weighted by Crippen LogP contribution is -2.34. The van der Waals surface area contributed by atoms with Crippen LogP contribution in [-0.4, -0.2) is 18.5 Å². The summed E-state index contributed by atoms with van der Waals surface area (Å²) in [6, 6.07) is 0. The second kappa shape index (κ2) is 4.22. The van der Waals surface area contributed by atoms with Gasteiger partial charge in [0.1, 0.15) is 5.60 Å². The second-order valence-electron chi connectivity index (χ2n) is 4.06. The molecule has 78 valence electrons. The summed E-state index contributed by atoms with van der Waals surface area (Å²) in [5, 5.41) is 0. The molecule has 0 radical (unpaired) electrons. The van der Waals surface area contributed by atoms with Crippen LogP contribution in [0.2, 0.25) is 0 Å².